The van der Waals surface area contributed by atoms with Gasteiger partial charge in [0, 0.05) is 31.6 Å². The molecule has 0 aromatic heterocycles. The third-order valence-electron chi connectivity index (χ3n) is 4.55. The molecule has 0 heterocycles. The first-order valence-corrected chi connectivity index (χ1v) is 11.3. The van der Waals surface area contributed by atoms with Crippen molar-refractivity contribution < 1.29 is 9.47 Å². The molecule has 0 fully saturated rings. The zero-order valence-electron chi connectivity index (χ0n) is 16.4. The molecular weight excluding hydrogens is 509 g/mol. The first kappa shape index (κ1) is 23.2. The van der Waals surface area contributed by atoms with Gasteiger partial charge in [-0.3, -0.25) is 0 Å². The fourth-order valence-electron chi connectivity index (χ4n) is 3.01. The number of methoxy groups -OCH3 is 1. The van der Waals surface area contributed by atoms with E-state index in [0.717, 1.165) is 34.1 Å². The van der Waals surface area contributed by atoms with Crippen LogP contribution < -0.4 is 14.8 Å². The van der Waals surface area contributed by atoms with Crippen LogP contribution in [0.4, 0.5) is 0 Å². The smallest absolute Gasteiger partial charge is 0.167 e. The lowest BCUT2D eigenvalue weighted by atomic mass is 10.1. The van der Waals surface area contributed by atoms with Crippen molar-refractivity contribution in [2.24, 2.45) is 0 Å². The number of rotatable bonds is 9. The van der Waals surface area contributed by atoms with Crippen molar-refractivity contribution in [2.75, 3.05) is 13.7 Å². The molecule has 0 aliphatic rings. The third-order valence-corrected chi connectivity index (χ3v) is 6.11. The Bertz CT molecular complexity index is 1010. The van der Waals surface area contributed by atoms with E-state index in [1.807, 2.05) is 48.5 Å². The standard InChI is InChI=1S/C23H21BrCl3NO2/c1-29-22-8-7-20(24)19(23(22)30-14-15-3-2-4-17(25)11-15)13-28-10-9-16-5-6-18(26)12-21(16)27/h2-8,11-12,28H,9-10,13-14H2,1H3. The minimum atomic E-state index is 0.390. The summed E-state index contributed by atoms with van der Waals surface area (Å²) in [6, 6.07) is 17.0. The van der Waals surface area contributed by atoms with E-state index in [1.165, 1.54) is 0 Å². The van der Waals surface area contributed by atoms with Gasteiger partial charge >= 0.3 is 0 Å². The molecule has 158 valence electrons. The minimum Gasteiger partial charge on any atom is -0.493 e. The van der Waals surface area contributed by atoms with Crippen molar-refractivity contribution in [2.45, 2.75) is 19.6 Å². The van der Waals surface area contributed by atoms with Gasteiger partial charge in [-0.1, -0.05) is 68.9 Å². The Hall–Kier alpha value is -1.43. The summed E-state index contributed by atoms with van der Waals surface area (Å²) in [5.41, 5.74) is 3.02. The van der Waals surface area contributed by atoms with Gasteiger partial charge in [-0.25, -0.2) is 0 Å². The molecule has 0 atom stereocenters. The molecule has 3 nitrogen and oxygen atoms in total. The second-order valence-corrected chi connectivity index (χ2v) is 8.77. The Morgan fingerprint density at radius 3 is 2.50 bits per heavy atom. The first-order chi connectivity index (χ1) is 14.5. The molecule has 3 aromatic rings. The van der Waals surface area contributed by atoms with Crippen molar-refractivity contribution >= 4 is 50.7 Å². The van der Waals surface area contributed by atoms with Crippen molar-refractivity contribution in [1.29, 1.82) is 0 Å². The summed E-state index contributed by atoms with van der Waals surface area (Å²) in [6.07, 6.45) is 0.788. The summed E-state index contributed by atoms with van der Waals surface area (Å²) in [4.78, 5) is 0. The molecule has 0 spiro atoms. The summed E-state index contributed by atoms with van der Waals surface area (Å²) in [7, 11) is 1.63. The molecule has 0 saturated carbocycles. The van der Waals surface area contributed by atoms with Gasteiger partial charge in [-0.2, -0.15) is 0 Å². The highest BCUT2D eigenvalue weighted by Crippen LogP contribution is 2.37. The normalized spacial score (nSPS) is 10.8. The summed E-state index contributed by atoms with van der Waals surface area (Å²) >= 11 is 21.9. The number of benzene rings is 3. The number of nitrogens with one attached hydrogen (secondary N) is 1. The van der Waals surface area contributed by atoms with Gasteiger partial charge in [-0.05, 0) is 60.5 Å². The van der Waals surface area contributed by atoms with Crippen molar-refractivity contribution in [3.05, 3.63) is 90.8 Å². The van der Waals surface area contributed by atoms with Gasteiger partial charge in [0.05, 0.1) is 7.11 Å². The predicted molar refractivity (Wildman–Crippen MR) is 128 cm³/mol. The molecule has 0 radical (unpaired) electrons. The summed E-state index contributed by atoms with van der Waals surface area (Å²) in [6.45, 7) is 1.74. The predicted octanol–water partition coefficient (Wildman–Crippen LogP) is 7.33. The van der Waals surface area contributed by atoms with E-state index in [2.05, 4.69) is 21.2 Å². The second-order valence-electron chi connectivity index (χ2n) is 6.64. The number of halogens is 4. The molecule has 1 N–H and O–H groups in total. The van der Waals surface area contributed by atoms with Gasteiger partial charge in [0.15, 0.2) is 11.5 Å². The summed E-state index contributed by atoms with van der Waals surface area (Å²) in [5, 5.41) is 5.45. The van der Waals surface area contributed by atoms with E-state index in [-0.39, 0.29) is 0 Å². The Morgan fingerprint density at radius 2 is 1.77 bits per heavy atom. The lowest BCUT2D eigenvalue weighted by Crippen LogP contribution is -2.18. The quantitative estimate of drug-likeness (QED) is 0.295. The van der Waals surface area contributed by atoms with Crippen molar-refractivity contribution in [3.63, 3.8) is 0 Å². The molecule has 30 heavy (non-hydrogen) atoms. The molecule has 7 heteroatoms. The van der Waals surface area contributed by atoms with Gasteiger partial charge in [0.25, 0.3) is 0 Å². The highest BCUT2D eigenvalue weighted by atomic mass is 79.9. The Labute approximate surface area is 200 Å². The van der Waals surface area contributed by atoms with Crippen LogP contribution in [0.15, 0.2) is 59.1 Å². The molecule has 0 aliphatic heterocycles. The van der Waals surface area contributed by atoms with Crippen LogP contribution in [0, 0.1) is 0 Å². The average molecular weight is 530 g/mol. The van der Waals surface area contributed by atoms with Gasteiger partial charge in [0.2, 0.25) is 0 Å². The summed E-state index contributed by atoms with van der Waals surface area (Å²) < 4.78 is 12.6. The van der Waals surface area contributed by atoms with Crippen molar-refractivity contribution in [3.8, 4) is 11.5 Å². The topological polar surface area (TPSA) is 30.5 Å². The van der Waals surface area contributed by atoms with Gasteiger partial charge < -0.3 is 14.8 Å². The molecule has 0 saturated heterocycles. The van der Waals surface area contributed by atoms with Crippen LogP contribution in [0.3, 0.4) is 0 Å². The fourth-order valence-corrected chi connectivity index (χ4v) is 4.18. The number of hydrogen-bond donors (Lipinski definition) is 1. The Balaban J connectivity index is 1.68. The first-order valence-electron chi connectivity index (χ1n) is 9.35. The van der Waals surface area contributed by atoms with Crippen LogP contribution in [0.2, 0.25) is 15.1 Å². The number of ether oxygens (including phenoxy) is 2. The molecule has 0 bridgehead atoms. The maximum absolute atomic E-state index is 6.26. The Morgan fingerprint density at radius 1 is 0.967 bits per heavy atom. The largest absolute Gasteiger partial charge is 0.493 e. The SMILES string of the molecule is COc1ccc(Br)c(CNCCc2ccc(Cl)cc2Cl)c1OCc1cccc(Cl)c1. The van der Waals surface area contributed by atoms with Crippen LogP contribution in [0.1, 0.15) is 16.7 Å². The molecule has 0 unspecified atom stereocenters. The zero-order valence-corrected chi connectivity index (χ0v) is 20.2. The maximum atomic E-state index is 6.26. The Kier molecular flexibility index (Phi) is 8.72. The monoisotopic (exact) mass is 527 g/mol. The van der Waals surface area contributed by atoms with Crippen LogP contribution >= 0.6 is 50.7 Å². The van der Waals surface area contributed by atoms with E-state index >= 15 is 0 Å². The molecular formula is C23H21BrCl3NO2. The van der Waals surface area contributed by atoms with Crippen molar-refractivity contribution in [1.82, 2.24) is 5.32 Å². The van der Waals surface area contributed by atoms with E-state index in [1.54, 1.807) is 13.2 Å². The highest BCUT2D eigenvalue weighted by Gasteiger charge is 2.15. The zero-order chi connectivity index (χ0) is 21.5. The number of hydrogen-bond acceptors (Lipinski definition) is 3. The molecule has 0 amide bonds. The van der Waals surface area contributed by atoms with E-state index in [4.69, 9.17) is 44.3 Å². The van der Waals surface area contributed by atoms with Crippen LogP contribution in [-0.2, 0) is 19.6 Å². The van der Waals surface area contributed by atoms with Crippen LogP contribution in [-0.4, -0.2) is 13.7 Å². The minimum absolute atomic E-state index is 0.390. The van der Waals surface area contributed by atoms with E-state index in [9.17, 15) is 0 Å². The lowest BCUT2D eigenvalue weighted by molar-refractivity contribution is 0.280. The molecule has 3 aromatic carbocycles. The molecule has 3 rings (SSSR count). The third kappa shape index (κ3) is 6.29. The average Bonchev–Trinajstić information content (AvgIpc) is 2.72. The lowest BCUT2D eigenvalue weighted by Gasteiger charge is -2.17. The summed E-state index contributed by atoms with van der Waals surface area (Å²) in [5.74, 6) is 1.38. The maximum Gasteiger partial charge on any atom is 0.167 e. The van der Waals surface area contributed by atoms with Gasteiger partial charge in [-0.15, -0.1) is 0 Å². The van der Waals surface area contributed by atoms with Crippen LogP contribution in [0.25, 0.3) is 0 Å². The van der Waals surface area contributed by atoms with E-state index < -0.39 is 0 Å². The molecule has 0 aliphatic carbocycles. The van der Waals surface area contributed by atoms with E-state index in [0.29, 0.717) is 39.7 Å². The highest BCUT2D eigenvalue weighted by molar-refractivity contribution is 9.10. The van der Waals surface area contributed by atoms with Crippen LogP contribution in [0.5, 0.6) is 11.5 Å². The van der Waals surface area contributed by atoms with Gasteiger partial charge in [0.1, 0.15) is 6.61 Å². The second kappa shape index (κ2) is 11.3. The fraction of sp³-hybridized carbons (Fsp3) is 0.217.